The van der Waals surface area contributed by atoms with E-state index >= 15 is 0 Å². The van der Waals surface area contributed by atoms with E-state index in [-0.39, 0.29) is 5.56 Å². The Balaban J connectivity index is 1.83. The van der Waals surface area contributed by atoms with E-state index in [0.717, 1.165) is 17.3 Å². The molecule has 0 radical (unpaired) electrons. The van der Waals surface area contributed by atoms with Crippen molar-refractivity contribution in [2.24, 2.45) is 0 Å². The van der Waals surface area contributed by atoms with Crippen molar-refractivity contribution in [1.82, 2.24) is 0 Å². The highest BCUT2D eigenvalue weighted by Gasteiger charge is 2.15. The summed E-state index contributed by atoms with van der Waals surface area (Å²) < 4.78 is 6.49. The third kappa shape index (κ3) is 4.21. The first-order chi connectivity index (χ1) is 9.16. The van der Waals surface area contributed by atoms with Gasteiger partial charge < -0.3 is 15.2 Å². The number of ether oxygens (including phenoxy) is 1. The summed E-state index contributed by atoms with van der Waals surface area (Å²) in [6.45, 7) is 1.23. The minimum absolute atomic E-state index is 0.273. The first-order valence-electron chi connectivity index (χ1n) is 6.55. The highest BCUT2D eigenvalue weighted by molar-refractivity contribution is 9.10. The molecule has 0 aliphatic heterocycles. The van der Waals surface area contributed by atoms with Crippen LogP contribution in [0.4, 0.5) is 5.69 Å². The van der Waals surface area contributed by atoms with E-state index in [4.69, 9.17) is 9.84 Å². The number of nitrogens with one attached hydrogen (secondary N) is 1. The van der Waals surface area contributed by atoms with Crippen molar-refractivity contribution in [3.63, 3.8) is 0 Å². The van der Waals surface area contributed by atoms with Crippen LogP contribution in [0.3, 0.4) is 0 Å². The molecule has 2 rings (SSSR count). The number of carbonyl (C=O) groups is 1. The predicted molar refractivity (Wildman–Crippen MR) is 77.8 cm³/mol. The predicted octanol–water partition coefficient (Wildman–Crippen LogP) is 3.52. The molecule has 1 aliphatic rings. The second-order valence-electron chi connectivity index (χ2n) is 4.70. The van der Waals surface area contributed by atoms with Gasteiger partial charge in [0.05, 0.1) is 18.3 Å². The van der Waals surface area contributed by atoms with Gasteiger partial charge in [0.15, 0.2) is 0 Å². The van der Waals surface area contributed by atoms with Crippen LogP contribution in [0.25, 0.3) is 0 Å². The first-order valence-corrected chi connectivity index (χ1v) is 7.34. The van der Waals surface area contributed by atoms with Gasteiger partial charge in [0.1, 0.15) is 0 Å². The molecule has 0 atom stereocenters. The Hall–Kier alpha value is -1.07. The number of carboxylic acid groups (broad SMARTS) is 1. The number of halogens is 1. The molecule has 1 aliphatic carbocycles. The van der Waals surface area contributed by atoms with Gasteiger partial charge in [-0.15, -0.1) is 0 Å². The summed E-state index contributed by atoms with van der Waals surface area (Å²) in [5.74, 6) is -0.930. The van der Waals surface area contributed by atoms with Crippen LogP contribution >= 0.6 is 15.9 Å². The van der Waals surface area contributed by atoms with Crippen LogP contribution in [-0.2, 0) is 4.74 Å². The molecule has 1 saturated carbocycles. The van der Waals surface area contributed by atoms with E-state index in [1.54, 1.807) is 12.1 Å². The molecule has 0 saturated heterocycles. The second-order valence-corrected chi connectivity index (χ2v) is 5.61. The lowest BCUT2D eigenvalue weighted by atomic mass is 10.2. The van der Waals surface area contributed by atoms with Gasteiger partial charge in [0.2, 0.25) is 0 Å². The van der Waals surface area contributed by atoms with Crippen molar-refractivity contribution in [3.8, 4) is 0 Å². The molecule has 0 amide bonds. The van der Waals surface area contributed by atoms with Crippen molar-refractivity contribution in [3.05, 3.63) is 28.2 Å². The molecular weight excluding hydrogens is 310 g/mol. The second kappa shape index (κ2) is 6.91. The van der Waals surface area contributed by atoms with Gasteiger partial charge in [-0.1, -0.05) is 28.8 Å². The van der Waals surface area contributed by atoms with Crippen LogP contribution < -0.4 is 5.32 Å². The molecule has 0 bridgehead atoms. The standard InChI is InChI=1S/C14H18BrNO3/c15-10-5-6-13(12(9-10)14(17)18)16-7-8-19-11-3-1-2-4-11/h5-6,9,11,16H,1-4,7-8H2,(H,17,18). The van der Waals surface area contributed by atoms with Gasteiger partial charge in [-0.2, -0.15) is 0 Å². The van der Waals surface area contributed by atoms with Crippen LogP contribution in [-0.4, -0.2) is 30.3 Å². The zero-order valence-corrected chi connectivity index (χ0v) is 12.3. The molecule has 1 aromatic carbocycles. The molecule has 0 spiro atoms. The molecule has 0 aromatic heterocycles. The Kier molecular flexibility index (Phi) is 5.22. The summed E-state index contributed by atoms with van der Waals surface area (Å²) in [6, 6.07) is 5.19. The van der Waals surface area contributed by atoms with Gasteiger partial charge in [-0.3, -0.25) is 0 Å². The van der Waals surface area contributed by atoms with Crippen LogP contribution in [0.2, 0.25) is 0 Å². The maximum atomic E-state index is 11.1. The van der Waals surface area contributed by atoms with E-state index in [1.807, 2.05) is 6.07 Å². The number of hydrogen-bond acceptors (Lipinski definition) is 3. The average Bonchev–Trinajstić information content (AvgIpc) is 2.89. The highest BCUT2D eigenvalue weighted by atomic mass is 79.9. The monoisotopic (exact) mass is 327 g/mol. The summed E-state index contributed by atoms with van der Waals surface area (Å²) in [5, 5.41) is 12.2. The molecule has 104 valence electrons. The van der Waals surface area contributed by atoms with Gasteiger partial charge in [0.25, 0.3) is 0 Å². The van der Waals surface area contributed by atoms with Crippen molar-refractivity contribution >= 4 is 27.6 Å². The van der Waals surface area contributed by atoms with Crippen molar-refractivity contribution in [1.29, 1.82) is 0 Å². The Morgan fingerprint density at radius 2 is 2.16 bits per heavy atom. The van der Waals surface area contributed by atoms with Gasteiger partial charge in [-0.05, 0) is 31.0 Å². The lowest BCUT2D eigenvalue weighted by molar-refractivity contribution is 0.0656. The summed E-state index contributed by atoms with van der Waals surface area (Å²) in [7, 11) is 0. The molecule has 2 N–H and O–H groups in total. The largest absolute Gasteiger partial charge is 0.478 e. The smallest absolute Gasteiger partial charge is 0.337 e. The van der Waals surface area contributed by atoms with E-state index in [1.165, 1.54) is 12.8 Å². The SMILES string of the molecule is O=C(O)c1cc(Br)ccc1NCCOC1CCCC1. The van der Waals surface area contributed by atoms with Crippen molar-refractivity contribution < 1.29 is 14.6 Å². The van der Waals surface area contributed by atoms with Gasteiger partial charge in [-0.25, -0.2) is 4.79 Å². The first kappa shape index (κ1) is 14.3. The average molecular weight is 328 g/mol. The maximum absolute atomic E-state index is 11.1. The van der Waals surface area contributed by atoms with E-state index in [2.05, 4.69) is 21.2 Å². The minimum Gasteiger partial charge on any atom is -0.478 e. The quantitative estimate of drug-likeness (QED) is 0.785. The third-order valence-electron chi connectivity index (χ3n) is 3.29. The Labute approximate surface area is 121 Å². The number of aromatic carboxylic acids is 1. The fraction of sp³-hybridized carbons (Fsp3) is 0.500. The molecule has 0 heterocycles. The van der Waals surface area contributed by atoms with E-state index in [0.29, 0.717) is 24.9 Å². The minimum atomic E-state index is -0.930. The maximum Gasteiger partial charge on any atom is 0.337 e. The summed E-state index contributed by atoms with van der Waals surface area (Å²) in [6.07, 6.45) is 5.21. The molecule has 5 heteroatoms. The summed E-state index contributed by atoms with van der Waals surface area (Å²) in [5.41, 5.74) is 0.904. The lowest BCUT2D eigenvalue weighted by Crippen LogP contribution is -2.16. The van der Waals surface area contributed by atoms with Crippen LogP contribution in [0, 0.1) is 0 Å². The summed E-state index contributed by atoms with van der Waals surface area (Å²) >= 11 is 3.28. The number of rotatable bonds is 6. The van der Waals surface area contributed by atoms with Crippen LogP contribution in [0.1, 0.15) is 36.0 Å². The number of anilines is 1. The fourth-order valence-electron chi connectivity index (χ4n) is 2.31. The molecule has 0 unspecified atom stereocenters. The van der Waals surface area contributed by atoms with Gasteiger partial charge in [0, 0.05) is 16.7 Å². The normalized spacial score (nSPS) is 15.6. The van der Waals surface area contributed by atoms with Crippen LogP contribution in [0.5, 0.6) is 0 Å². The Morgan fingerprint density at radius 3 is 2.84 bits per heavy atom. The molecule has 1 fully saturated rings. The van der Waals surface area contributed by atoms with Crippen LogP contribution in [0.15, 0.2) is 22.7 Å². The molecular formula is C14H18BrNO3. The van der Waals surface area contributed by atoms with Crippen molar-refractivity contribution in [2.75, 3.05) is 18.5 Å². The van der Waals surface area contributed by atoms with Crippen molar-refractivity contribution in [2.45, 2.75) is 31.8 Å². The third-order valence-corrected chi connectivity index (χ3v) is 3.78. The molecule has 19 heavy (non-hydrogen) atoms. The number of carboxylic acids is 1. The highest BCUT2D eigenvalue weighted by Crippen LogP contribution is 2.22. The van der Waals surface area contributed by atoms with E-state index in [9.17, 15) is 4.79 Å². The number of hydrogen-bond donors (Lipinski definition) is 2. The topological polar surface area (TPSA) is 58.6 Å². The molecule has 1 aromatic rings. The molecule has 4 nitrogen and oxygen atoms in total. The Bertz CT molecular complexity index is 444. The Morgan fingerprint density at radius 1 is 1.42 bits per heavy atom. The fourth-order valence-corrected chi connectivity index (χ4v) is 2.67. The zero-order chi connectivity index (χ0) is 13.7. The number of benzene rings is 1. The lowest BCUT2D eigenvalue weighted by Gasteiger charge is -2.13. The zero-order valence-electron chi connectivity index (χ0n) is 10.7. The summed E-state index contributed by atoms with van der Waals surface area (Å²) in [4.78, 5) is 11.1. The van der Waals surface area contributed by atoms with Gasteiger partial charge >= 0.3 is 5.97 Å². The van der Waals surface area contributed by atoms with E-state index < -0.39 is 5.97 Å².